The predicted octanol–water partition coefficient (Wildman–Crippen LogP) is 22.5. The molecule has 17 nitrogen and oxygen atoms in total. The number of esters is 4. The molecular weight excluding hydrogens is 1270 g/mol. The van der Waals surface area contributed by atoms with Crippen molar-refractivity contribution in [2.24, 2.45) is 17.8 Å². The maximum absolute atomic E-state index is 13.1. The zero-order valence-corrected chi connectivity index (χ0v) is 64.8. The first-order valence-corrected chi connectivity index (χ1v) is 42.7. The first kappa shape index (κ1) is 94.5. The van der Waals surface area contributed by atoms with Crippen molar-refractivity contribution in [2.45, 2.75) is 394 Å². The van der Waals surface area contributed by atoms with Gasteiger partial charge in [-0.2, -0.15) is 0 Å². The summed E-state index contributed by atoms with van der Waals surface area (Å²) in [6.45, 7) is 11.8. The lowest BCUT2D eigenvalue weighted by molar-refractivity contribution is -0.161. The van der Waals surface area contributed by atoms with E-state index < -0.39 is 97.5 Å². The van der Waals surface area contributed by atoms with Gasteiger partial charge in [-0.1, -0.05) is 323 Å². The second kappa shape index (κ2) is 68.0. The van der Waals surface area contributed by atoms with E-state index in [1.165, 1.54) is 167 Å². The number of hydrogen-bond acceptors (Lipinski definition) is 15. The summed E-state index contributed by atoms with van der Waals surface area (Å²) >= 11 is 0. The van der Waals surface area contributed by atoms with E-state index in [0.717, 1.165) is 121 Å². The Morgan fingerprint density at radius 1 is 0.320 bits per heavy atom. The van der Waals surface area contributed by atoms with Crippen LogP contribution in [0.25, 0.3) is 0 Å². The Morgan fingerprint density at radius 3 is 0.835 bits per heavy atom. The van der Waals surface area contributed by atoms with E-state index in [2.05, 4.69) is 72.8 Å². The number of aliphatic hydroxyl groups is 1. The van der Waals surface area contributed by atoms with Crippen molar-refractivity contribution in [1.82, 2.24) is 0 Å². The molecule has 0 bridgehead atoms. The fraction of sp³-hybridized carbons (Fsp3) is 0.897. The third kappa shape index (κ3) is 71.7. The monoisotopic (exact) mass is 1420 g/mol. The van der Waals surface area contributed by atoms with Crippen LogP contribution >= 0.6 is 15.6 Å². The van der Waals surface area contributed by atoms with Crippen LogP contribution in [0.3, 0.4) is 0 Å². The first-order chi connectivity index (χ1) is 46.7. The molecule has 0 heterocycles. The van der Waals surface area contributed by atoms with Crippen LogP contribution in [-0.2, 0) is 65.4 Å². The van der Waals surface area contributed by atoms with Crippen LogP contribution in [0, 0.1) is 17.8 Å². The van der Waals surface area contributed by atoms with E-state index >= 15 is 0 Å². The molecule has 0 spiro atoms. The van der Waals surface area contributed by atoms with Crippen molar-refractivity contribution in [2.75, 3.05) is 39.6 Å². The van der Waals surface area contributed by atoms with Gasteiger partial charge in [0, 0.05) is 25.7 Å². The van der Waals surface area contributed by atoms with E-state index in [9.17, 15) is 43.2 Å². The van der Waals surface area contributed by atoms with Gasteiger partial charge >= 0.3 is 39.5 Å². The predicted molar refractivity (Wildman–Crippen MR) is 395 cm³/mol. The average Bonchev–Trinajstić information content (AvgIpc) is 1.42. The molecule has 0 aromatic carbocycles. The Kier molecular flexibility index (Phi) is 66.3. The van der Waals surface area contributed by atoms with E-state index in [0.29, 0.717) is 31.6 Å². The molecule has 572 valence electrons. The molecular formula is C78H148O17P2. The number of carbonyl (C=O) groups excluding carboxylic acids is 4. The molecule has 0 fully saturated rings. The lowest BCUT2D eigenvalue weighted by Gasteiger charge is -2.21. The summed E-state index contributed by atoms with van der Waals surface area (Å²) in [5.41, 5.74) is 0. The quantitative estimate of drug-likeness (QED) is 0.0169. The normalized spacial score (nSPS) is 14.2. The van der Waals surface area contributed by atoms with Gasteiger partial charge < -0.3 is 33.8 Å². The van der Waals surface area contributed by atoms with Crippen LogP contribution < -0.4 is 0 Å². The summed E-state index contributed by atoms with van der Waals surface area (Å²) in [7, 11) is -9.93. The standard InChI is InChI=1S/C78H148O17P2/c1-8-9-10-11-12-13-14-15-17-22-27-32-39-47-54-61-77(82)94-73(65-88-75(80)59-52-45-38-31-26-21-19-16-18-20-24-29-35-42-49-56-69(2)3)67-92-96(84,85)90-63-72(79)64-91-97(86,87)93-68-74(66-89-76(81)60-53-46-41-34-37-44-51-58-71(6)7)95-78(83)62-55-48-40-33-28-23-25-30-36-43-50-57-70(4)5/h13-15,17,69-74,79H,8-12,16,18-68H2,1-7H3,(H,84,85)(H,86,87)/b14-13-,17-15-/t72?,73-,74-/m1/s1. The maximum atomic E-state index is 13.1. The third-order valence-electron chi connectivity index (χ3n) is 17.5. The second-order valence-electron chi connectivity index (χ2n) is 28.8. The van der Waals surface area contributed by atoms with Gasteiger partial charge in [-0.25, -0.2) is 9.13 Å². The largest absolute Gasteiger partial charge is 0.472 e. The van der Waals surface area contributed by atoms with Crippen LogP contribution in [0.1, 0.15) is 376 Å². The van der Waals surface area contributed by atoms with Crippen LogP contribution in [0.15, 0.2) is 24.3 Å². The molecule has 0 aromatic rings. The molecule has 19 heteroatoms. The van der Waals surface area contributed by atoms with Gasteiger partial charge in [0.15, 0.2) is 12.2 Å². The average molecular weight is 1420 g/mol. The molecule has 0 radical (unpaired) electrons. The van der Waals surface area contributed by atoms with Crippen LogP contribution in [0.4, 0.5) is 0 Å². The van der Waals surface area contributed by atoms with E-state index in [1.807, 2.05) is 0 Å². The number of rotatable bonds is 74. The fourth-order valence-electron chi connectivity index (χ4n) is 11.4. The summed E-state index contributed by atoms with van der Waals surface area (Å²) in [6.07, 6.45) is 57.8. The highest BCUT2D eigenvalue weighted by Gasteiger charge is 2.30. The van der Waals surface area contributed by atoms with Crippen molar-refractivity contribution >= 4 is 39.5 Å². The molecule has 0 aliphatic rings. The molecule has 0 aliphatic carbocycles. The van der Waals surface area contributed by atoms with Crippen molar-refractivity contribution in [3.05, 3.63) is 24.3 Å². The Labute approximate surface area is 592 Å². The molecule has 3 unspecified atom stereocenters. The Morgan fingerprint density at radius 2 is 0.557 bits per heavy atom. The highest BCUT2D eigenvalue weighted by atomic mass is 31.2. The van der Waals surface area contributed by atoms with Gasteiger partial charge in [0.05, 0.1) is 26.4 Å². The van der Waals surface area contributed by atoms with Crippen LogP contribution in [0.5, 0.6) is 0 Å². The molecule has 0 saturated heterocycles. The summed E-state index contributed by atoms with van der Waals surface area (Å²) in [5, 5.41) is 10.6. The summed E-state index contributed by atoms with van der Waals surface area (Å²) in [6, 6.07) is 0. The van der Waals surface area contributed by atoms with E-state index in [-0.39, 0.29) is 25.7 Å². The number of phosphoric acid groups is 2. The second-order valence-corrected chi connectivity index (χ2v) is 31.7. The Hall–Kier alpha value is -2.46. The number of allylic oxidation sites excluding steroid dienone is 4. The highest BCUT2D eigenvalue weighted by molar-refractivity contribution is 7.47. The lowest BCUT2D eigenvalue weighted by Crippen LogP contribution is -2.30. The molecule has 0 saturated carbocycles. The minimum atomic E-state index is -4.97. The topological polar surface area (TPSA) is 237 Å². The van der Waals surface area contributed by atoms with Crippen molar-refractivity contribution in [3.8, 4) is 0 Å². The molecule has 0 aliphatic heterocycles. The van der Waals surface area contributed by atoms with Crippen LogP contribution in [0.2, 0.25) is 0 Å². The van der Waals surface area contributed by atoms with Gasteiger partial charge in [-0.3, -0.25) is 37.3 Å². The van der Waals surface area contributed by atoms with Crippen LogP contribution in [-0.4, -0.2) is 96.7 Å². The summed E-state index contributed by atoms with van der Waals surface area (Å²) < 4.78 is 68.5. The molecule has 3 N–H and O–H groups in total. The van der Waals surface area contributed by atoms with Crippen molar-refractivity contribution in [3.63, 3.8) is 0 Å². The zero-order valence-electron chi connectivity index (χ0n) is 63.0. The minimum Gasteiger partial charge on any atom is -0.462 e. The van der Waals surface area contributed by atoms with Gasteiger partial charge in [0.25, 0.3) is 0 Å². The van der Waals surface area contributed by atoms with Gasteiger partial charge in [0.1, 0.15) is 19.3 Å². The Balaban J connectivity index is 5.27. The smallest absolute Gasteiger partial charge is 0.462 e. The number of hydrogen-bond donors (Lipinski definition) is 3. The molecule has 0 rings (SSSR count). The Bertz CT molecular complexity index is 1980. The highest BCUT2D eigenvalue weighted by Crippen LogP contribution is 2.45. The van der Waals surface area contributed by atoms with Crippen molar-refractivity contribution in [1.29, 1.82) is 0 Å². The molecule has 0 aromatic heterocycles. The lowest BCUT2D eigenvalue weighted by atomic mass is 10.0. The number of unbranched alkanes of at least 4 members (excludes halogenated alkanes) is 39. The summed E-state index contributed by atoms with van der Waals surface area (Å²) in [4.78, 5) is 72.9. The van der Waals surface area contributed by atoms with E-state index in [4.69, 9.17) is 37.0 Å². The minimum absolute atomic E-state index is 0.0850. The fourth-order valence-corrected chi connectivity index (χ4v) is 13.0. The number of carbonyl (C=O) groups is 4. The van der Waals surface area contributed by atoms with Gasteiger partial charge in [0.2, 0.25) is 0 Å². The maximum Gasteiger partial charge on any atom is 0.472 e. The number of ether oxygens (including phenoxy) is 4. The molecule has 0 amide bonds. The first-order valence-electron chi connectivity index (χ1n) is 39.7. The van der Waals surface area contributed by atoms with Crippen molar-refractivity contribution < 1.29 is 80.2 Å². The van der Waals surface area contributed by atoms with Gasteiger partial charge in [-0.05, 0) is 69.1 Å². The zero-order chi connectivity index (χ0) is 71.6. The number of aliphatic hydroxyl groups excluding tert-OH is 1. The third-order valence-corrected chi connectivity index (χ3v) is 19.4. The SMILES string of the molecule is CCCCCC/C=C\C=C/CCCCCCCC(=O)O[C@H](COC(=O)CCCCCCCCCCCCCCCCCC(C)C)COP(=O)(O)OCC(O)COP(=O)(O)OC[C@@H](COC(=O)CCCCCCCCCC(C)C)OC(=O)CCCCCCCCCCCCCC(C)C. The summed E-state index contributed by atoms with van der Waals surface area (Å²) in [5.74, 6) is 0.125. The molecule has 97 heavy (non-hydrogen) atoms. The van der Waals surface area contributed by atoms with Gasteiger partial charge in [-0.15, -0.1) is 0 Å². The number of phosphoric ester groups is 2. The molecule has 5 atom stereocenters. The van der Waals surface area contributed by atoms with E-state index in [1.54, 1.807) is 0 Å².